The van der Waals surface area contributed by atoms with E-state index >= 15 is 0 Å². The summed E-state index contributed by atoms with van der Waals surface area (Å²) >= 11 is 12.6. The number of hydrogen-bond donors (Lipinski definition) is 1. The largest absolute Gasteiger partial charge is 0.345 e. The van der Waals surface area contributed by atoms with Crippen molar-refractivity contribution in [3.8, 4) is 11.3 Å². The number of carbonyl (C=O) groups is 1. The van der Waals surface area contributed by atoms with E-state index in [4.69, 9.17) is 28.2 Å². The summed E-state index contributed by atoms with van der Waals surface area (Å²) in [7, 11) is 0. The maximum absolute atomic E-state index is 14.1. The number of H-pyrrole nitrogens is 1. The van der Waals surface area contributed by atoms with E-state index in [1.807, 2.05) is 17.8 Å². The minimum Gasteiger partial charge on any atom is -0.345 e. The van der Waals surface area contributed by atoms with Gasteiger partial charge in [0.05, 0.1) is 29.2 Å². The van der Waals surface area contributed by atoms with Crippen LogP contribution in [0.25, 0.3) is 22.4 Å². The Morgan fingerprint density at radius 1 is 1.24 bits per heavy atom. The van der Waals surface area contributed by atoms with Crippen LogP contribution in [0.4, 0.5) is 4.39 Å². The molecule has 3 aromatic heterocycles. The molecular weight excluding hydrogens is 466 g/mol. The first-order valence-electron chi connectivity index (χ1n) is 10.7. The number of halogens is 3. The molecule has 1 N–H and O–H groups in total. The van der Waals surface area contributed by atoms with E-state index in [-0.39, 0.29) is 17.0 Å². The maximum Gasteiger partial charge on any atom is 0.209 e. The summed E-state index contributed by atoms with van der Waals surface area (Å²) in [5.74, 6) is -0.814. The molecule has 7 nitrogen and oxygen atoms in total. The molecule has 10 heteroatoms. The Balaban J connectivity index is 1.47. The number of rotatable bonds is 5. The quantitative estimate of drug-likeness (QED) is 0.310. The molecule has 1 aliphatic rings. The smallest absolute Gasteiger partial charge is 0.209 e. The number of carbonyl (C=O) groups excluding carboxylic acids is 1. The third kappa shape index (κ3) is 3.98. The van der Waals surface area contributed by atoms with Crippen LogP contribution in [-0.2, 0) is 4.79 Å². The Labute approximate surface area is 199 Å². The third-order valence-corrected chi connectivity index (χ3v) is 7.02. The van der Waals surface area contributed by atoms with Gasteiger partial charge in [-0.1, -0.05) is 30.1 Å². The van der Waals surface area contributed by atoms with Gasteiger partial charge in [-0.3, -0.25) is 9.48 Å². The molecule has 1 aromatic carbocycles. The van der Waals surface area contributed by atoms with Gasteiger partial charge in [-0.05, 0) is 30.5 Å². The van der Waals surface area contributed by atoms with Crippen LogP contribution in [-0.4, -0.2) is 49.1 Å². The monoisotopic (exact) mass is 486 g/mol. The Bertz CT molecular complexity index is 1330. The molecule has 0 saturated carbocycles. The van der Waals surface area contributed by atoms with Crippen LogP contribution in [0.3, 0.4) is 0 Å². The highest BCUT2D eigenvalue weighted by molar-refractivity contribution is 6.36. The topological polar surface area (TPSA) is 79.7 Å². The SMILES string of the molecule is CC(c1c(Cl)ccc(F)c1Cl)c1c[nH]c2ncc(-c3cnn(C4CCN(C=O)CC4)c3)nc12. The zero-order chi connectivity index (χ0) is 23.1. The van der Waals surface area contributed by atoms with E-state index in [0.717, 1.165) is 43.5 Å². The third-order valence-electron chi connectivity index (χ3n) is 6.31. The highest BCUT2D eigenvalue weighted by Gasteiger charge is 2.23. The van der Waals surface area contributed by atoms with Crippen molar-refractivity contribution in [3.63, 3.8) is 0 Å². The summed E-state index contributed by atoms with van der Waals surface area (Å²) in [6.45, 7) is 3.36. The van der Waals surface area contributed by atoms with E-state index in [0.29, 0.717) is 27.4 Å². The van der Waals surface area contributed by atoms with Crippen molar-refractivity contribution in [2.75, 3.05) is 13.1 Å². The van der Waals surface area contributed by atoms with Crippen molar-refractivity contribution in [1.82, 2.24) is 29.6 Å². The van der Waals surface area contributed by atoms with Gasteiger partial charge >= 0.3 is 0 Å². The molecule has 0 bridgehead atoms. The van der Waals surface area contributed by atoms with Crippen molar-refractivity contribution >= 4 is 40.8 Å². The summed E-state index contributed by atoms with van der Waals surface area (Å²) in [4.78, 5) is 25.2. The fraction of sp³-hybridized carbons (Fsp3) is 0.304. The van der Waals surface area contributed by atoms with E-state index in [2.05, 4.69) is 15.1 Å². The lowest BCUT2D eigenvalue weighted by atomic mass is 9.94. The van der Waals surface area contributed by atoms with Crippen LogP contribution in [0.1, 0.15) is 42.9 Å². The van der Waals surface area contributed by atoms with Crippen LogP contribution in [0.2, 0.25) is 10.0 Å². The highest BCUT2D eigenvalue weighted by atomic mass is 35.5. The predicted molar refractivity (Wildman–Crippen MR) is 125 cm³/mol. The number of nitrogens with zero attached hydrogens (tertiary/aromatic N) is 5. The molecule has 33 heavy (non-hydrogen) atoms. The van der Waals surface area contributed by atoms with Crippen molar-refractivity contribution < 1.29 is 9.18 Å². The summed E-state index contributed by atoms with van der Waals surface area (Å²) in [6.07, 6.45) is 9.87. The number of amides is 1. The predicted octanol–water partition coefficient (Wildman–Crippen LogP) is 5.21. The van der Waals surface area contributed by atoms with Gasteiger partial charge in [0, 0.05) is 47.6 Å². The highest BCUT2D eigenvalue weighted by Crippen LogP contribution is 2.39. The second-order valence-electron chi connectivity index (χ2n) is 8.26. The van der Waals surface area contributed by atoms with Gasteiger partial charge in [0.15, 0.2) is 5.65 Å². The van der Waals surface area contributed by atoms with Crippen LogP contribution in [0, 0.1) is 5.82 Å². The van der Waals surface area contributed by atoms with Crippen molar-refractivity contribution in [2.45, 2.75) is 31.7 Å². The number of aromatic nitrogens is 5. The molecule has 0 aliphatic carbocycles. The zero-order valence-electron chi connectivity index (χ0n) is 17.8. The van der Waals surface area contributed by atoms with Gasteiger partial charge in [-0.25, -0.2) is 14.4 Å². The van der Waals surface area contributed by atoms with Gasteiger partial charge in [0.1, 0.15) is 11.3 Å². The fourth-order valence-corrected chi connectivity index (χ4v) is 5.10. The number of aromatic amines is 1. The molecule has 0 radical (unpaired) electrons. The lowest BCUT2D eigenvalue weighted by Crippen LogP contribution is -2.33. The average Bonchev–Trinajstić information content (AvgIpc) is 3.49. The van der Waals surface area contributed by atoms with Gasteiger partial charge in [0.2, 0.25) is 6.41 Å². The van der Waals surface area contributed by atoms with Crippen LogP contribution < -0.4 is 0 Å². The normalized spacial score (nSPS) is 15.8. The number of nitrogens with one attached hydrogen (secondary N) is 1. The van der Waals surface area contributed by atoms with Gasteiger partial charge in [-0.2, -0.15) is 5.10 Å². The minimum absolute atomic E-state index is 0.00960. The molecular formula is C23H21Cl2FN6O. The molecule has 1 aliphatic heterocycles. The lowest BCUT2D eigenvalue weighted by molar-refractivity contribution is -0.119. The second kappa shape index (κ2) is 8.76. The number of fused-ring (bicyclic) bond motifs is 1. The van der Waals surface area contributed by atoms with Crippen LogP contribution in [0.15, 0.2) is 36.9 Å². The minimum atomic E-state index is -0.513. The van der Waals surface area contributed by atoms with E-state index in [1.54, 1.807) is 23.5 Å². The number of likely N-dealkylation sites (tertiary alicyclic amines) is 1. The molecule has 4 heterocycles. The summed E-state index contributed by atoms with van der Waals surface area (Å²) in [5.41, 5.74) is 4.16. The van der Waals surface area contributed by atoms with Gasteiger partial charge in [-0.15, -0.1) is 0 Å². The number of hydrogen-bond acceptors (Lipinski definition) is 4. The number of piperidine rings is 1. The maximum atomic E-state index is 14.1. The van der Waals surface area contributed by atoms with E-state index in [9.17, 15) is 9.18 Å². The van der Waals surface area contributed by atoms with Crippen molar-refractivity contribution in [2.24, 2.45) is 0 Å². The van der Waals surface area contributed by atoms with Crippen LogP contribution in [0.5, 0.6) is 0 Å². The summed E-state index contributed by atoms with van der Waals surface area (Å²) in [5, 5.41) is 4.94. The molecule has 0 spiro atoms. The van der Waals surface area contributed by atoms with Gasteiger partial charge < -0.3 is 9.88 Å². The van der Waals surface area contributed by atoms with Gasteiger partial charge in [0.25, 0.3) is 0 Å². The van der Waals surface area contributed by atoms with Crippen molar-refractivity contribution in [1.29, 1.82) is 0 Å². The molecule has 1 saturated heterocycles. The molecule has 170 valence electrons. The fourth-order valence-electron chi connectivity index (χ4n) is 4.40. The first-order valence-corrected chi connectivity index (χ1v) is 11.4. The molecule has 5 rings (SSSR count). The molecule has 1 atom stereocenters. The van der Waals surface area contributed by atoms with Crippen molar-refractivity contribution in [3.05, 3.63) is 63.9 Å². The molecule has 1 unspecified atom stereocenters. The first kappa shape index (κ1) is 21.9. The second-order valence-corrected chi connectivity index (χ2v) is 9.04. The zero-order valence-corrected chi connectivity index (χ0v) is 19.3. The molecule has 1 amide bonds. The lowest BCUT2D eigenvalue weighted by Gasteiger charge is -2.29. The number of benzene rings is 1. The standard InChI is InChI=1S/C23H21Cl2FN6O/c1-13(20-17(24)2-3-18(26)21(20)25)16-9-27-23-22(16)30-19(10-28-23)14-8-29-32(11-14)15-4-6-31(12-33)7-5-15/h2-3,8-13,15H,4-7H2,1H3,(H,27,28). The Hall–Kier alpha value is -2.97. The molecule has 1 fully saturated rings. The Kier molecular flexibility index (Phi) is 5.80. The van der Waals surface area contributed by atoms with Crippen LogP contribution >= 0.6 is 23.2 Å². The summed E-state index contributed by atoms with van der Waals surface area (Å²) < 4.78 is 16.0. The average molecular weight is 487 g/mol. The summed E-state index contributed by atoms with van der Waals surface area (Å²) in [6, 6.07) is 3.01. The first-order chi connectivity index (χ1) is 16.0. The van der Waals surface area contributed by atoms with E-state index in [1.165, 1.54) is 12.1 Å². The van der Waals surface area contributed by atoms with E-state index < -0.39 is 5.82 Å². The Morgan fingerprint density at radius 2 is 2.03 bits per heavy atom. The Morgan fingerprint density at radius 3 is 2.79 bits per heavy atom. The molecule has 4 aromatic rings.